The van der Waals surface area contributed by atoms with Gasteiger partial charge in [-0.3, -0.25) is 19.3 Å². The number of likely N-dealkylation sites (N-methyl/N-ethyl adjacent to an activating group) is 1. The summed E-state index contributed by atoms with van der Waals surface area (Å²) in [5, 5.41) is 9.01. The first kappa shape index (κ1) is 26.7. The van der Waals surface area contributed by atoms with Crippen molar-refractivity contribution in [2.24, 2.45) is 11.8 Å². The molecule has 3 fully saturated rings. The first-order valence-corrected chi connectivity index (χ1v) is 14.6. The van der Waals surface area contributed by atoms with Crippen molar-refractivity contribution in [3.8, 4) is 0 Å². The van der Waals surface area contributed by atoms with Crippen molar-refractivity contribution in [2.75, 3.05) is 72.7 Å². The fraction of sp³-hybridized carbons (Fsp3) is 0.741. The number of carbonyl (C=O) groups excluding carboxylic acids is 3. The Hall–Kier alpha value is -1.88. The SMILES string of the molecule is CN1CC=C[C@H]2S[C@]34C=CCN(CCN5CCOCC5)C(=O)C3N(CCCCCCO)C(=O)[C@@H]4[C@H]2C1=O. The lowest BCUT2D eigenvalue weighted by Gasteiger charge is -2.36. The van der Waals surface area contributed by atoms with E-state index in [-0.39, 0.29) is 29.6 Å². The van der Waals surface area contributed by atoms with Gasteiger partial charge in [0, 0.05) is 64.7 Å². The second kappa shape index (κ2) is 11.5. The number of hydrogen-bond acceptors (Lipinski definition) is 7. The number of nitrogens with zero attached hydrogens (tertiary/aromatic N) is 4. The van der Waals surface area contributed by atoms with Gasteiger partial charge in [-0.15, -0.1) is 11.8 Å². The molecule has 1 unspecified atom stereocenters. The van der Waals surface area contributed by atoms with Gasteiger partial charge in [-0.25, -0.2) is 0 Å². The molecule has 5 aliphatic rings. The molecule has 37 heavy (non-hydrogen) atoms. The quantitative estimate of drug-likeness (QED) is 0.343. The summed E-state index contributed by atoms with van der Waals surface area (Å²) in [5.74, 6) is -1.06. The van der Waals surface area contributed by atoms with Gasteiger partial charge in [-0.2, -0.15) is 0 Å². The number of aliphatic hydroxyl groups excluding tert-OH is 1. The minimum atomic E-state index is -0.736. The van der Waals surface area contributed by atoms with Crippen molar-refractivity contribution in [3.63, 3.8) is 0 Å². The number of carbonyl (C=O) groups is 3. The summed E-state index contributed by atoms with van der Waals surface area (Å²) in [5.41, 5.74) is 0. The summed E-state index contributed by atoms with van der Waals surface area (Å²) in [6, 6.07) is -0.602. The summed E-state index contributed by atoms with van der Waals surface area (Å²) < 4.78 is 4.73. The average Bonchev–Trinajstić information content (AvgIpc) is 3.22. The Morgan fingerprint density at radius 2 is 1.76 bits per heavy atom. The molecular weight excluding hydrogens is 492 g/mol. The molecule has 5 atom stereocenters. The van der Waals surface area contributed by atoms with Crippen LogP contribution in [0.2, 0.25) is 0 Å². The molecule has 10 heteroatoms. The number of amides is 3. The smallest absolute Gasteiger partial charge is 0.247 e. The molecule has 9 nitrogen and oxygen atoms in total. The van der Waals surface area contributed by atoms with Crippen LogP contribution in [0.1, 0.15) is 25.7 Å². The standard InChI is InChI=1S/C27H40N4O5S/c1-28-10-6-8-20-21(24(28)33)22-25(34)31(12-4-2-3-5-17-32)23-26(35)30(11-7-9-27(22,23)37-20)14-13-29-15-18-36-19-16-29/h6-9,20-23,32H,2-5,10-19H2,1H3/t20-,21+,22+,23?,27+/m1/s1. The fourth-order valence-electron chi connectivity index (χ4n) is 6.59. The third kappa shape index (κ3) is 4.97. The molecule has 0 aliphatic carbocycles. The van der Waals surface area contributed by atoms with Gasteiger partial charge in [-0.1, -0.05) is 37.1 Å². The second-order valence-electron chi connectivity index (χ2n) is 10.8. The summed E-state index contributed by atoms with van der Waals surface area (Å²) in [4.78, 5) is 49.6. The van der Waals surface area contributed by atoms with Crippen molar-refractivity contribution >= 4 is 29.5 Å². The summed E-state index contributed by atoms with van der Waals surface area (Å²) in [6.45, 7) is 6.30. The lowest BCUT2D eigenvalue weighted by atomic mass is 9.78. The highest BCUT2D eigenvalue weighted by Crippen LogP contribution is 2.61. The number of ether oxygens (including phenoxy) is 1. The number of aliphatic hydroxyl groups is 1. The Morgan fingerprint density at radius 1 is 0.973 bits per heavy atom. The molecule has 0 aromatic rings. The molecule has 0 bridgehead atoms. The molecule has 1 spiro atoms. The van der Waals surface area contributed by atoms with Gasteiger partial charge in [0.15, 0.2) is 0 Å². The van der Waals surface area contributed by atoms with Gasteiger partial charge >= 0.3 is 0 Å². The van der Waals surface area contributed by atoms with Crippen LogP contribution >= 0.6 is 11.8 Å². The number of rotatable bonds is 9. The van der Waals surface area contributed by atoms with Crippen molar-refractivity contribution in [3.05, 3.63) is 24.3 Å². The third-order valence-corrected chi connectivity index (χ3v) is 10.3. The number of thioether (sulfide) groups is 1. The van der Waals surface area contributed by atoms with Crippen LogP contribution in [0.4, 0.5) is 0 Å². The van der Waals surface area contributed by atoms with Gasteiger partial charge < -0.3 is 24.5 Å². The van der Waals surface area contributed by atoms with Gasteiger partial charge in [-0.05, 0) is 12.8 Å². The van der Waals surface area contributed by atoms with Crippen LogP contribution in [0.15, 0.2) is 24.3 Å². The number of fused-ring (bicyclic) bond motifs is 2. The van der Waals surface area contributed by atoms with E-state index in [9.17, 15) is 14.4 Å². The Bertz CT molecular complexity index is 938. The molecule has 0 radical (unpaired) electrons. The van der Waals surface area contributed by atoms with Crippen molar-refractivity contribution in [1.29, 1.82) is 0 Å². The van der Waals surface area contributed by atoms with Gasteiger partial charge in [0.1, 0.15) is 6.04 Å². The highest BCUT2D eigenvalue weighted by molar-refractivity contribution is 8.02. The van der Waals surface area contributed by atoms with E-state index >= 15 is 0 Å². The predicted octanol–water partition coefficient (Wildman–Crippen LogP) is 0.595. The highest BCUT2D eigenvalue weighted by atomic mass is 32.2. The zero-order chi connectivity index (χ0) is 26.0. The number of hydrogen-bond donors (Lipinski definition) is 1. The van der Waals surface area contributed by atoms with Gasteiger partial charge in [0.05, 0.1) is 29.8 Å². The van der Waals surface area contributed by atoms with E-state index in [1.165, 1.54) is 0 Å². The number of unbranched alkanes of at least 4 members (excludes halogenated alkanes) is 3. The highest BCUT2D eigenvalue weighted by Gasteiger charge is 2.70. The lowest BCUT2D eigenvalue weighted by Crippen LogP contribution is -2.54. The molecule has 0 aromatic carbocycles. The molecule has 5 aliphatic heterocycles. The fourth-order valence-corrected chi connectivity index (χ4v) is 8.59. The Morgan fingerprint density at radius 3 is 2.54 bits per heavy atom. The van der Waals surface area contributed by atoms with Gasteiger partial charge in [0.2, 0.25) is 17.7 Å². The van der Waals surface area contributed by atoms with Crippen LogP contribution < -0.4 is 0 Å². The minimum Gasteiger partial charge on any atom is -0.396 e. The topological polar surface area (TPSA) is 93.6 Å². The molecule has 5 heterocycles. The Kier molecular flexibility index (Phi) is 8.28. The van der Waals surface area contributed by atoms with Crippen LogP contribution in [-0.4, -0.2) is 131 Å². The molecular formula is C27H40N4O5S. The summed E-state index contributed by atoms with van der Waals surface area (Å²) in [7, 11) is 1.79. The maximum atomic E-state index is 14.2. The van der Waals surface area contributed by atoms with E-state index in [0.717, 1.165) is 58.5 Å². The lowest BCUT2D eigenvalue weighted by molar-refractivity contribution is -0.144. The molecule has 5 rings (SSSR count). The molecule has 3 saturated heterocycles. The van der Waals surface area contributed by atoms with Crippen LogP contribution in [0, 0.1) is 11.8 Å². The molecule has 0 saturated carbocycles. The third-order valence-electron chi connectivity index (χ3n) is 8.54. The molecule has 3 amide bonds. The van der Waals surface area contributed by atoms with Crippen molar-refractivity contribution in [1.82, 2.24) is 19.6 Å². The van der Waals surface area contributed by atoms with E-state index in [1.54, 1.807) is 28.6 Å². The van der Waals surface area contributed by atoms with E-state index in [0.29, 0.717) is 26.2 Å². The number of morpholine rings is 1. The van der Waals surface area contributed by atoms with Crippen LogP contribution in [0.3, 0.4) is 0 Å². The average molecular weight is 533 g/mol. The van der Waals surface area contributed by atoms with E-state index in [2.05, 4.69) is 23.1 Å². The number of likely N-dealkylation sites (tertiary alicyclic amines) is 1. The maximum absolute atomic E-state index is 14.2. The van der Waals surface area contributed by atoms with Crippen LogP contribution in [-0.2, 0) is 19.1 Å². The van der Waals surface area contributed by atoms with Crippen LogP contribution in [0.5, 0.6) is 0 Å². The Labute approximate surface area is 223 Å². The van der Waals surface area contributed by atoms with E-state index in [1.807, 2.05) is 11.0 Å². The Balaban J connectivity index is 1.42. The molecule has 1 N–H and O–H groups in total. The van der Waals surface area contributed by atoms with Crippen molar-refractivity contribution in [2.45, 2.75) is 41.7 Å². The van der Waals surface area contributed by atoms with Gasteiger partial charge in [0.25, 0.3) is 0 Å². The maximum Gasteiger partial charge on any atom is 0.247 e. The van der Waals surface area contributed by atoms with Crippen LogP contribution in [0.25, 0.3) is 0 Å². The zero-order valence-corrected chi connectivity index (χ0v) is 22.6. The minimum absolute atomic E-state index is 0.00166. The normalized spacial score (nSPS) is 34.0. The first-order valence-electron chi connectivity index (χ1n) is 13.8. The van der Waals surface area contributed by atoms with E-state index in [4.69, 9.17) is 9.84 Å². The predicted molar refractivity (Wildman–Crippen MR) is 142 cm³/mol. The first-order chi connectivity index (χ1) is 18.0. The van der Waals surface area contributed by atoms with E-state index < -0.39 is 22.6 Å². The van der Waals surface area contributed by atoms with Crippen molar-refractivity contribution < 1.29 is 24.2 Å². The summed E-state index contributed by atoms with van der Waals surface area (Å²) >= 11 is 1.64. The molecule has 204 valence electrons. The largest absolute Gasteiger partial charge is 0.396 e. The monoisotopic (exact) mass is 532 g/mol. The molecule has 0 aromatic heterocycles. The summed E-state index contributed by atoms with van der Waals surface area (Å²) in [6.07, 6.45) is 11.6. The second-order valence-corrected chi connectivity index (χ2v) is 12.3. The zero-order valence-electron chi connectivity index (χ0n) is 21.8.